The lowest BCUT2D eigenvalue weighted by Gasteiger charge is -2.13. The number of carbonyl (C=O) groups is 2. The average molecular weight is 442 g/mol. The number of hydrogen-bond acceptors (Lipinski definition) is 8. The molecule has 0 bridgehead atoms. The summed E-state index contributed by atoms with van der Waals surface area (Å²) in [6.45, 7) is -0.590. The van der Waals surface area contributed by atoms with Crippen LogP contribution in [0.2, 0.25) is 0 Å². The van der Waals surface area contributed by atoms with Gasteiger partial charge in [0.2, 0.25) is 0 Å². The topological polar surface area (TPSA) is 170 Å². The van der Waals surface area contributed by atoms with Crippen molar-refractivity contribution in [1.82, 2.24) is 4.72 Å². The van der Waals surface area contributed by atoms with E-state index in [1.165, 1.54) is 36.4 Å². The summed E-state index contributed by atoms with van der Waals surface area (Å²) in [6, 6.07) is 10.7. The van der Waals surface area contributed by atoms with Crippen LogP contribution in [0.5, 0.6) is 0 Å². The van der Waals surface area contributed by atoms with E-state index in [-0.39, 0.29) is 21.8 Å². The zero-order valence-corrected chi connectivity index (χ0v) is 16.5. The van der Waals surface area contributed by atoms with Crippen molar-refractivity contribution in [2.45, 2.75) is 22.3 Å². The van der Waals surface area contributed by atoms with Crippen LogP contribution < -0.4 is 10.5 Å². The number of benzene rings is 2. The van der Waals surface area contributed by atoms with Crippen LogP contribution in [-0.4, -0.2) is 45.9 Å². The number of carbonyl (C=O) groups excluding carboxylic acids is 2. The van der Waals surface area contributed by atoms with Crippen molar-refractivity contribution in [1.29, 1.82) is 0 Å². The van der Waals surface area contributed by atoms with Gasteiger partial charge in [-0.15, -0.1) is 0 Å². The second-order valence-electron chi connectivity index (χ2n) is 5.87. The van der Waals surface area contributed by atoms with Gasteiger partial charge in [0.1, 0.15) is 12.6 Å². The van der Waals surface area contributed by atoms with Gasteiger partial charge in [0.05, 0.1) is 16.2 Å². The molecule has 0 spiro atoms. The first kappa shape index (κ1) is 22.5. The molecular formula is C17H18N2O8S2. The fourth-order valence-electron chi connectivity index (χ4n) is 2.16. The molecule has 2 rings (SSSR count). The second kappa shape index (κ2) is 9.13. The molecule has 2 aromatic rings. The highest BCUT2D eigenvalue weighted by Gasteiger charge is 2.23. The first-order chi connectivity index (χ1) is 13.5. The minimum atomic E-state index is -4.42. The van der Waals surface area contributed by atoms with E-state index in [0.29, 0.717) is 0 Å². The van der Waals surface area contributed by atoms with Crippen LogP contribution >= 0.6 is 0 Å². The summed E-state index contributed by atoms with van der Waals surface area (Å²) in [6.07, 6.45) is -0.347. The zero-order valence-electron chi connectivity index (χ0n) is 14.9. The fraction of sp³-hybridized carbons (Fsp3) is 0.176. The highest BCUT2D eigenvalue weighted by Crippen LogP contribution is 2.12. The molecule has 2 aromatic carbocycles. The van der Waals surface area contributed by atoms with E-state index in [1.54, 1.807) is 10.8 Å². The molecule has 0 aromatic heterocycles. The number of nitrogens with one attached hydrogen (secondary N) is 1. The summed E-state index contributed by atoms with van der Waals surface area (Å²) in [7, 11) is -8.53. The number of rotatable bonds is 8. The molecular weight excluding hydrogens is 424 g/mol. The quantitative estimate of drug-likeness (QED) is 0.371. The second-order valence-corrected chi connectivity index (χ2v) is 8.98. The summed E-state index contributed by atoms with van der Waals surface area (Å²) in [4.78, 5) is 23.3. The molecule has 156 valence electrons. The Labute approximate surface area is 167 Å². The Kier molecular flexibility index (Phi) is 7.08. The van der Waals surface area contributed by atoms with Crippen LogP contribution in [0.1, 0.15) is 5.56 Å². The third-order valence-electron chi connectivity index (χ3n) is 3.59. The van der Waals surface area contributed by atoms with Gasteiger partial charge in [-0.1, -0.05) is 30.3 Å². The first-order valence-corrected chi connectivity index (χ1v) is 11.0. The Morgan fingerprint density at radius 1 is 1.00 bits per heavy atom. The van der Waals surface area contributed by atoms with Crippen molar-refractivity contribution in [2.75, 3.05) is 6.61 Å². The van der Waals surface area contributed by atoms with Crippen molar-refractivity contribution in [3.05, 3.63) is 60.2 Å². The van der Waals surface area contributed by atoms with E-state index in [1.807, 2.05) is 0 Å². The molecule has 0 unspecified atom stereocenters. The number of sulfonamides is 1. The van der Waals surface area contributed by atoms with Gasteiger partial charge < -0.3 is 10.5 Å². The summed E-state index contributed by atoms with van der Waals surface area (Å²) >= 11 is 0. The largest absolute Gasteiger partial charge is 0.463 e. The molecule has 1 amide bonds. The SMILES string of the molecule is N[C@@H](COC(=O)Cc1cccc(S(=O)(=O)O)c1)C(=O)NS(=O)(=O)c1ccccc1. The van der Waals surface area contributed by atoms with E-state index >= 15 is 0 Å². The highest BCUT2D eigenvalue weighted by molar-refractivity contribution is 7.90. The Hall–Kier alpha value is -2.80. The lowest BCUT2D eigenvalue weighted by Crippen LogP contribution is -2.46. The van der Waals surface area contributed by atoms with Crippen LogP contribution in [0, 0.1) is 0 Å². The van der Waals surface area contributed by atoms with Crippen LogP contribution in [0.4, 0.5) is 0 Å². The number of esters is 1. The van der Waals surface area contributed by atoms with E-state index in [0.717, 1.165) is 12.1 Å². The van der Waals surface area contributed by atoms with Crippen molar-refractivity contribution >= 4 is 32.0 Å². The number of amides is 1. The van der Waals surface area contributed by atoms with Gasteiger partial charge in [-0.3, -0.25) is 14.1 Å². The predicted molar refractivity (Wildman–Crippen MR) is 101 cm³/mol. The standard InChI is InChI=1S/C17H18N2O8S2/c18-15(17(21)19-28(22,23)13-6-2-1-3-7-13)11-27-16(20)10-12-5-4-8-14(9-12)29(24,25)26/h1-9,15H,10-11,18H2,(H,19,21)(H,24,25,26)/t15-/m0/s1. The highest BCUT2D eigenvalue weighted by atomic mass is 32.2. The van der Waals surface area contributed by atoms with Gasteiger partial charge in [-0.2, -0.15) is 8.42 Å². The summed E-state index contributed by atoms with van der Waals surface area (Å²) in [5.41, 5.74) is 5.80. The van der Waals surface area contributed by atoms with E-state index < -0.39 is 44.7 Å². The molecule has 0 aliphatic heterocycles. The molecule has 1 atom stereocenters. The van der Waals surface area contributed by atoms with Crippen LogP contribution in [0.15, 0.2) is 64.4 Å². The van der Waals surface area contributed by atoms with Crippen molar-refractivity contribution in [2.24, 2.45) is 5.73 Å². The molecule has 0 radical (unpaired) electrons. The Morgan fingerprint density at radius 2 is 1.62 bits per heavy atom. The van der Waals surface area contributed by atoms with E-state index in [4.69, 9.17) is 15.0 Å². The Bertz CT molecular complexity index is 1100. The maximum absolute atomic E-state index is 12.1. The van der Waals surface area contributed by atoms with Gasteiger partial charge in [-0.25, -0.2) is 13.1 Å². The third-order valence-corrected chi connectivity index (χ3v) is 5.81. The molecule has 10 nitrogen and oxygen atoms in total. The van der Waals surface area contributed by atoms with Crippen molar-refractivity contribution < 1.29 is 35.7 Å². The van der Waals surface area contributed by atoms with E-state index in [9.17, 15) is 26.4 Å². The van der Waals surface area contributed by atoms with Gasteiger partial charge >= 0.3 is 5.97 Å². The predicted octanol–water partition coefficient (Wildman–Crippen LogP) is -0.149. The molecule has 4 N–H and O–H groups in total. The van der Waals surface area contributed by atoms with Gasteiger partial charge in [0.25, 0.3) is 26.0 Å². The molecule has 0 aliphatic rings. The van der Waals surface area contributed by atoms with E-state index in [2.05, 4.69) is 0 Å². The summed E-state index contributed by atoms with van der Waals surface area (Å²) in [5, 5.41) is 0. The maximum Gasteiger partial charge on any atom is 0.310 e. The number of nitrogens with two attached hydrogens (primary N) is 1. The molecule has 0 heterocycles. The zero-order chi connectivity index (χ0) is 21.7. The van der Waals surface area contributed by atoms with Crippen molar-refractivity contribution in [3.63, 3.8) is 0 Å². The molecule has 0 saturated carbocycles. The Morgan fingerprint density at radius 3 is 2.24 bits per heavy atom. The third kappa shape index (κ3) is 6.64. The van der Waals surface area contributed by atoms with Crippen LogP contribution in [0.3, 0.4) is 0 Å². The normalized spacial score (nSPS) is 12.8. The minimum Gasteiger partial charge on any atom is -0.463 e. The molecule has 0 fully saturated rings. The summed E-state index contributed by atoms with van der Waals surface area (Å²) < 4.78 is 62.0. The molecule has 29 heavy (non-hydrogen) atoms. The Balaban J connectivity index is 1.91. The molecule has 12 heteroatoms. The number of hydrogen-bond donors (Lipinski definition) is 3. The van der Waals surface area contributed by atoms with Gasteiger partial charge in [0, 0.05) is 0 Å². The maximum atomic E-state index is 12.1. The minimum absolute atomic E-state index is 0.128. The first-order valence-electron chi connectivity index (χ1n) is 8.08. The molecule has 0 aliphatic carbocycles. The van der Waals surface area contributed by atoms with Crippen LogP contribution in [0.25, 0.3) is 0 Å². The summed E-state index contributed by atoms with van der Waals surface area (Å²) in [5.74, 6) is -1.89. The smallest absolute Gasteiger partial charge is 0.310 e. The monoisotopic (exact) mass is 442 g/mol. The van der Waals surface area contributed by atoms with Crippen LogP contribution in [-0.2, 0) is 40.9 Å². The lowest BCUT2D eigenvalue weighted by atomic mass is 10.1. The van der Waals surface area contributed by atoms with Crippen molar-refractivity contribution in [3.8, 4) is 0 Å². The lowest BCUT2D eigenvalue weighted by molar-refractivity contribution is -0.144. The van der Waals surface area contributed by atoms with Gasteiger partial charge in [0.15, 0.2) is 0 Å². The van der Waals surface area contributed by atoms with Gasteiger partial charge in [-0.05, 0) is 29.8 Å². The fourth-order valence-corrected chi connectivity index (χ4v) is 3.76. The number of ether oxygens (including phenoxy) is 1. The molecule has 0 saturated heterocycles. The average Bonchev–Trinajstić information content (AvgIpc) is 2.66.